The predicted octanol–water partition coefficient (Wildman–Crippen LogP) is 1.75. The molecule has 1 aromatic rings. The molecule has 2 aliphatic heterocycles. The van der Waals surface area contributed by atoms with E-state index in [1.165, 1.54) is 4.88 Å². The zero-order valence-corrected chi connectivity index (χ0v) is 15.2. The number of amides is 1. The van der Waals surface area contributed by atoms with Crippen molar-refractivity contribution in [3.63, 3.8) is 0 Å². The van der Waals surface area contributed by atoms with Gasteiger partial charge in [-0.15, -0.1) is 23.7 Å². The Hall–Kier alpha value is -0.660. The van der Waals surface area contributed by atoms with Crippen molar-refractivity contribution in [3.05, 3.63) is 22.4 Å². The molecule has 0 bridgehead atoms. The van der Waals surface area contributed by atoms with Crippen LogP contribution in [-0.2, 0) is 9.53 Å². The molecule has 130 valence electrons. The van der Waals surface area contributed by atoms with Crippen molar-refractivity contribution in [2.75, 3.05) is 46.4 Å². The van der Waals surface area contributed by atoms with E-state index in [2.05, 4.69) is 27.7 Å². The maximum atomic E-state index is 12.6. The molecule has 0 aliphatic carbocycles. The average Bonchev–Trinajstić information content (AvgIpc) is 3.25. The first-order chi connectivity index (χ1) is 10.8. The highest BCUT2D eigenvalue weighted by Crippen LogP contribution is 2.27. The molecule has 0 spiro atoms. The van der Waals surface area contributed by atoms with Gasteiger partial charge in [-0.05, 0) is 30.8 Å². The smallest absolute Gasteiger partial charge is 0.239 e. The summed E-state index contributed by atoms with van der Waals surface area (Å²) in [5, 5.41) is 5.42. The Bertz CT molecular complexity index is 474. The van der Waals surface area contributed by atoms with Crippen LogP contribution in [0.25, 0.3) is 0 Å². The van der Waals surface area contributed by atoms with E-state index in [1.54, 1.807) is 11.3 Å². The number of nitrogens with zero attached hydrogens (tertiary/aromatic N) is 2. The van der Waals surface area contributed by atoms with Gasteiger partial charge in [-0.25, -0.2) is 0 Å². The fraction of sp³-hybridized carbons (Fsp3) is 0.688. The lowest BCUT2D eigenvalue weighted by atomic mass is 10.1. The van der Waals surface area contributed by atoms with Crippen LogP contribution in [0.3, 0.4) is 0 Å². The quantitative estimate of drug-likeness (QED) is 0.870. The minimum atomic E-state index is 0. The Labute approximate surface area is 148 Å². The molecule has 0 radical (unpaired) electrons. The molecular formula is C16H26ClN3O2S. The molecule has 3 heterocycles. The second-order valence-corrected chi connectivity index (χ2v) is 7.03. The third-order valence-electron chi connectivity index (χ3n) is 4.54. The first-order valence-corrected chi connectivity index (χ1v) is 8.97. The van der Waals surface area contributed by atoms with Crippen LogP contribution in [0, 0.1) is 0 Å². The Morgan fingerprint density at radius 2 is 2.30 bits per heavy atom. The van der Waals surface area contributed by atoms with Gasteiger partial charge < -0.3 is 15.0 Å². The van der Waals surface area contributed by atoms with Crippen LogP contribution in [0.4, 0.5) is 0 Å². The van der Waals surface area contributed by atoms with E-state index in [9.17, 15) is 4.79 Å². The van der Waals surface area contributed by atoms with Gasteiger partial charge in [0.1, 0.15) is 0 Å². The van der Waals surface area contributed by atoms with Gasteiger partial charge in [-0.1, -0.05) is 6.07 Å². The third-order valence-corrected chi connectivity index (χ3v) is 5.51. The number of halogens is 1. The molecule has 1 aromatic heterocycles. The topological polar surface area (TPSA) is 44.8 Å². The molecule has 0 aromatic carbocycles. The number of carbonyl (C=O) groups excluding carboxylic acids is 1. The monoisotopic (exact) mass is 359 g/mol. The highest BCUT2D eigenvalue weighted by molar-refractivity contribution is 7.10. The van der Waals surface area contributed by atoms with E-state index in [-0.39, 0.29) is 30.4 Å². The molecule has 2 aliphatic rings. The number of carbonyl (C=O) groups is 1. The van der Waals surface area contributed by atoms with E-state index in [4.69, 9.17) is 4.74 Å². The lowest BCUT2D eigenvalue weighted by Crippen LogP contribution is -2.47. The van der Waals surface area contributed by atoms with Crippen molar-refractivity contribution in [2.45, 2.75) is 24.9 Å². The summed E-state index contributed by atoms with van der Waals surface area (Å²) in [5.74, 6) is 0.229. The van der Waals surface area contributed by atoms with Crippen molar-refractivity contribution in [2.24, 2.45) is 0 Å². The number of ether oxygens (including phenoxy) is 1. The molecule has 1 amide bonds. The fourth-order valence-electron chi connectivity index (χ4n) is 3.27. The minimum absolute atomic E-state index is 0. The van der Waals surface area contributed by atoms with Crippen molar-refractivity contribution in [1.29, 1.82) is 0 Å². The van der Waals surface area contributed by atoms with E-state index < -0.39 is 0 Å². The summed E-state index contributed by atoms with van der Waals surface area (Å²) in [4.78, 5) is 18.2. The molecule has 2 fully saturated rings. The Kier molecular flexibility index (Phi) is 7.30. The van der Waals surface area contributed by atoms with Crippen LogP contribution >= 0.6 is 23.7 Å². The Balaban J connectivity index is 0.00000192. The molecule has 2 atom stereocenters. The summed E-state index contributed by atoms with van der Waals surface area (Å²) < 4.78 is 5.47. The number of hydrogen-bond donors (Lipinski definition) is 1. The summed E-state index contributed by atoms with van der Waals surface area (Å²) in [5.41, 5.74) is 0. The third kappa shape index (κ3) is 4.67. The zero-order chi connectivity index (χ0) is 15.4. The van der Waals surface area contributed by atoms with E-state index in [0.29, 0.717) is 0 Å². The number of rotatable bonds is 5. The van der Waals surface area contributed by atoms with Crippen molar-refractivity contribution in [1.82, 2.24) is 15.1 Å². The summed E-state index contributed by atoms with van der Waals surface area (Å²) in [6.45, 7) is 5.14. The minimum Gasteiger partial charge on any atom is -0.379 e. The number of thiophene rings is 1. The van der Waals surface area contributed by atoms with Crippen molar-refractivity contribution in [3.8, 4) is 0 Å². The molecule has 1 N–H and O–H groups in total. The van der Waals surface area contributed by atoms with E-state index in [0.717, 1.165) is 52.2 Å². The van der Waals surface area contributed by atoms with Gasteiger partial charge in [0.25, 0.3) is 0 Å². The van der Waals surface area contributed by atoms with Crippen LogP contribution < -0.4 is 5.32 Å². The molecule has 23 heavy (non-hydrogen) atoms. The number of nitrogens with one attached hydrogen (secondary N) is 1. The van der Waals surface area contributed by atoms with Crippen molar-refractivity contribution >= 4 is 29.7 Å². The number of hydrogen-bond acceptors (Lipinski definition) is 5. The highest BCUT2D eigenvalue weighted by Gasteiger charge is 2.29. The van der Waals surface area contributed by atoms with Gasteiger partial charge in [0, 0.05) is 31.6 Å². The van der Waals surface area contributed by atoms with Crippen molar-refractivity contribution < 1.29 is 9.53 Å². The van der Waals surface area contributed by atoms with Gasteiger partial charge in [0.2, 0.25) is 5.91 Å². The maximum Gasteiger partial charge on any atom is 0.239 e. The van der Waals surface area contributed by atoms with Gasteiger partial charge in [0.15, 0.2) is 0 Å². The molecule has 1 unspecified atom stereocenters. The molecule has 0 saturated carbocycles. The summed E-state index contributed by atoms with van der Waals surface area (Å²) in [6, 6.07) is 4.56. The van der Waals surface area contributed by atoms with Crippen LogP contribution in [-0.4, -0.2) is 68.2 Å². The zero-order valence-electron chi connectivity index (χ0n) is 13.6. The van der Waals surface area contributed by atoms with Crippen LogP contribution in [0.15, 0.2) is 17.5 Å². The second-order valence-electron chi connectivity index (χ2n) is 6.05. The largest absolute Gasteiger partial charge is 0.379 e. The van der Waals surface area contributed by atoms with Crippen LogP contribution in [0.2, 0.25) is 0 Å². The first kappa shape index (κ1) is 18.7. The predicted molar refractivity (Wildman–Crippen MR) is 95.4 cm³/mol. The maximum absolute atomic E-state index is 12.6. The summed E-state index contributed by atoms with van der Waals surface area (Å²) in [6.07, 6.45) is 2.06. The van der Waals surface area contributed by atoms with Gasteiger partial charge in [0.05, 0.1) is 25.3 Å². The second kappa shape index (κ2) is 8.99. The van der Waals surface area contributed by atoms with E-state index in [1.807, 2.05) is 11.9 Å². The molecule has 3 rings (SSSR count). The van der Waals surface area contributed by atoms with Crippen LogP contribution in [0.1, 0.15) is 23.8 Å². The lowest BCUT2D eigenvalue weighted by Gasteiger charge is -2.36. The molecule has 5 nitrogen and oxygen atoms in total. The van der Waals surface area contributed by atoms with Gasteiger partial charge in [-0.3, -0.25) is 9.69 Å². The molecule has 7 heteroatoms. The molecule has 2 saturated heterocycles. The van der Waals surface area contributed by atoms with Gasteiger partial charge >= 0.3 is 0 Å². The first-order valence-electron chi connectivity index (χ1n) is 8.09. The average molecular weight is 360 g/mol. The summed E-state index contributed by atoms with van der Waals surface area (Å²) >= 11 is 1.77. The Morgan fingerprint density at radius 3 is 2.91 bits per heavy atom. The number of likely N-dealkylation sites (N-methyl/N-ethyl adjacent to an activating group) is 1. The molecular weight excluding hydrogens is 334 g/mol. The highest BCUT2D eigenvalue weighted by atomic mass is 35.5. The number of morpholine rings is 1. The summed E-state index contributed by atoms with van der Waals surface area (Å²) in [7, 11) is 1.93. The van der Waals surface area contributed by atoms with Gasteiger partial charge in [-0.2, -0.15) is 0 Å². The fourth-order valence-corrected chi connectivity index (χ4v) is 4.12. The lowest BCUT2D eigenvalue weighted by molar-refractivity contribution is -0.132. The standard InChI is InChI=1S/C16H25N3O2S.ClH/c1-18(16(20)13-4-2-6-17-13)12-14(15-5-3-11-22-15)19-7-9-21-10-8-19;/h3,5,11,13-14,17H,2,4,6-10,12H2,1H3;1H/t13-,14?;/m0./s1. The Morgan fingerprint density at radius 1 is 1.52 bits per heavy atom. The normalized spacial score (nSPS) is 23.3. The van der Waals surface area contributed by atoms with Crippen LogP contribution in [0.5, 0.6) is 0 Å². The SMILES string of the molecule is CN(CC(c1cccs1)N1CCOCC1)C(=O)[C@@H]1CCCN1.Cl. The van der Waals surface area contributed by atoms with E-state index >= 15 is 0 Å².